The number of aliphatic hydroxyl groups excluding tert-OH is 1. The van der Waals surface area contributed by atoms with E-state index in [0.717, 1.165) is 25.8 Å². The molecule has 0 heterocycles. The fourth-order valence-electron chi connectivity index (χ4n) is 1.61. The third-order valence-corrected chi connectivity index (χ3v) is 2.49. The summed E-state index contributed by atoms with van der Waals surface area (Å²) in [6, 6.07) is 0.270. The van der Waals surface area contributed by atoms with Gasteiger partial charge in [-0.25, -0.2) is 0 Å². The predicted molar refractivity (Wildman–Crippen MR) is 51.3 cm³/mol. The first kappa shape index (κ1) is 10.0. The van der Waals surface area contributed by atoms with E-state index in [-0.39, 0.29) is 12.1 Å². The van der Waals surface area contributed by atoms with E-state index in [1.165, 1.54) is 12.0 Å². The third-order valence-electron chi connectivity index (χ3n) is 2.32. The van der Waals surface area contributed by atoms with Crippen LogP contribution in [0.15, 0.2) is 11.6 Å². The number of rotatable bonds is 3. The summed E-state index contributed by atoms with van der Waals surface area (Å²) in [6.07, 6.45) is 6.08. The van der Waals surface area contributed by atoms with Gasteiger partial charge in [-0.05, 0) is 12.8 Å². The molecule has 2 atom stereocenters. The van der Waals surface area contributed by atoms with Crippen LogP contribution in [-0.4, -0.2) is 23.8 Å². The van der Waals surface area contributed by atoms with Crippen molar-refractivity contribution < 1.29 is 5.11 Å². The number of nitrogens with one attached hydrogen (secondary N) is 1. The lowest BCUT2D eigenvalue weighted by Crippen LogP contribution is -2.42. The minimum absolute atomic E-state index is 0.164. The minimum Gasteiger partial charge on any atom is -0.392 e. The van der Waals surface area contributed by atoms with Crippen molar-refractivity contribution >= 4 is 11.6 Å². The van der Waals surface area contributed by atoms with Crippen LogP contribution < -0.4 is 5.32 Å². The first-order valence-corrected chi connectivity index (χ1v) is 4.95. The zero-order chi connectivity index (χ0) is 8.81. The van der Waals surface area contributed by atoms with Crippen LogP contribution in [0.5, 0.6) is 0 Å². The molecule has 0 aromatic heterocycles. The molecular weight excluding hydrogens is 174 g/mol. The van der Waals surface area contributed by atoms with Crippen LogP contribution in [0.1, 0.15) is 25.7 Å². The van der Waals surface area contributed by atoms with Gasteiger partial charge < -0.3 is 10.4 Å². The molecule has 2 N–H and O–H groups in total. The van der Waals surface area contributed by atoms with Crippen molar-refractivity contribution in [3.8, 4) is 0 Å². The summed E-state index contributed by atoms with van der Waals surface area (Å²) in [5.41, 5.74) is 1.50. The Morgan fingerprint density at radius 3 is 2.83 bits per heavy atom. The van der Waals surface area contributed by atoms with Gasteiger partial charge >= 0.3 is 0 Å². The van der Waals surface area contributed by atoms with E-state index in [9.17, 15) is 5.11 Å². The largest absolute Gasteiger partial charge is 0.392 e. The van der Waals surface area contributed by atoms with Crippen molar-refractivity contribution in [2.75, 3.05) is 6.54 Å². The quantitative estimate of drug-likeness (QED) is 0.708. The van der Waals surface area contributed by atoms with Gasteiger partial charge in [0, 0.05) is 18.1 Å². The van der Waals surface area contributed by atoms with Crippen molar-refractivity contribution in [2.45, 2.75) is 37.8 Å². The first-order valence-electron chi connectivity index (χ1n) is 4.51. The second kappa shape index (κ2) is 5.57. The average Bonchev–Trinajstić information content (AvgIpc) is 2.09. The molecule has 0 aromatic rings. The summed E-state index contributed by atoms with van der Waals surface area (Å²) in [7, 11) is 0. The summed E-state index contributed by atoms with van der Waals surface area (Å²) in [5.74, 6) is 0. The van der Waals surface area contributed by atoms with E-state index in [1.54, 1.807) is 0 Å². The van der Waals surface area contributed by atoms with Gasteiger partial charge in [0.25, 0.3) is 0 Å². The molecular formula is C9H16ClNO. The van der Waals surface area contributed by atoms with Crippen molar-refractivity contribution in [3.05, 3.63) is 11.6 Å². The topological polar surface area (TPSA) is 32.3 Å². The second-order valence-corrected chi connectivity index (χ2v) is 3.48. The van der Waals surface area contributed by atoms with Crippen LogP contribution in [-0.2, 0) is 0 Å². The highest BCUT2D eigenvalue weighted by Gasteiger charge is 2.21. The molecule has 0 saturated heterocycles. The monoisotopic (exact) mass is 189 g/mol. The maximum atomic E-state index is 9.55. The van der Waals surface area contributed by atoms with Gasteiger partial charge in [-0.3, -0.25) is 0 Å². The summed E-state index contributed by atoms with van der Waals surface area (Å²) >= 11 is 5.37. The molecule has 0 aliphatic heterocycles. The normalized spacial score (nSPS) is 31.2. The summed E-state index contributed by atoms with van der Waals surface area (Å²) in [4.78, 5) is 0. The molecule has 0 radical (unpaired) electrons. The van der Waals surface area contributed by atoms with Gasteiger partial charge in [0.2, 0.25) is 0 Å². The molecule has 1 saturated carbocycles. The van der Waals surface area contributed by atoms with Crippen LogP contribution >= 0.6 is 11.6 Å². The third kappa shape index (κ3) is 3.13. The summed E-state index contributed by atoms with van der Waals surface area (Å²) in [5, 5.41) is 12.8. The number of hydrogen-bond acceptors (Lipinski definition) is 2. The maximum Gasteiger partial charge on any atom is 0.0693 e. The Morgan fingerprint density at radius 1 is 1.42 bits per heavy atom. The average molecular weight is 190 g/mol. The van der Waals surface area contributed by atoms with E-state index in [2.05, 4.69) is 5.32 Å². The Bertz CT molecular complexity index is 149. The molecule has 12 heavy (non-hydrogen) atoms. The van der Waals surface area contributed by atoms with Gasteiger partial charge in [-0.2, -0.15) is 0 Å². The number of hydrogen-bond donors (Lipinski definition) is 2. The van der Waals surface area contributed by atoms with Crippen LogP contribution in [0.3, 0.4) is 0 Å². The Hall–Kier alpha value is -0.0500. The van der Waals surface area contributed by atoms with Crippen molar-refractivity contribution in [2.24, 2.45) is 0 Å². The molecule has 1 fully saturated rings. The molecule has 1 aliphatic rings. The fraction of sp³-hybridized carbons (Fsp3) is 0.778. The second-order valence-electron chi connectivity index (χ2n) is 3.23. The zero-order valence-corrected chi connectivity index (χ0v) is 7.93. The Balaban J connectivity index is 2.20. The lowest BCUT2D eigenvalue weighted by atomic mass is 9.93. The highest BCUT2D eigenvalue weighted by molar-refractivity contribution is 6.25. The van der Waals surface area contributed by atoms with Crippen molar-refractivity contribution in [3.63, 3.8) is 0 Å². The molecule has 2 nitrogen and oxygen atoms in total. The van der Waals surface area contributed by atoms with Crippen LogP contribution in [0, 0.1) is 0 Å². The number of halogens is 1. The summed E-state index contributed by atoms with van der Waals surface area (Å²) in [6.45, 7) is 0.755. The SMILES string of the molecule is OC1CCCCC1NC/C=C/Cl. The van der Waals surface area contributed by atoms with Gasteiger partial charge in [0.1, 0.15) is 0 Å². The molecule has 0 bridgehead atoms. The summed E-state index contributed by atoms with van der Waals surface area (Å²) < 4.78 is 0. The molecule has 1 rings (SSSR count). The Labute approximate surface area is 78.6 Å². The zero-order valence-electron chi connectivity index (χ0n) is 7.17. The maximum absolute atomic E-state index is 9.55. The molecule has 70 valence electrons. The van der Waals surface area contributed by atoms with E-state index in [0.29, 0.717) is 0 Å². The Morgan fingerprint density at radius 2 is 2.17 bits per heavy atom. The molecule has 0 aromatic carbocycles. The lowest BCUT2D eigenvalue weighted by Gasteiger charge is -2.27. The fourth-order valence-corrected chi connectivity index (χ4v) is 1.70. The smallest absolute Gasteiger partial charge is 0.0693 e. The van der Waals surface area contributed by atoms with Gasteiger partial charge in [-0.15, -0.1) is 0 Å². The van der Waals surface area contributed by atoms with Gasteiger partial charge in [-0.1, -0.05) is 30.5 Å². The first-order chi connectivity index (χ1) is 5.84. The van der Waals surface area contributed by atoms with Gasteiger partial charge in [0.05, 0.1) is 6.10 Å². The van der Waals surface area contributed by atoms with Crippen LogP contribution in [0.2, 0.25) is 0 Å². The molecule has 3 heteroatoms. The van der Waals surface area contributed by atoms with Crippen molar-refractivity contribution in [1.29, 1.82) is 0 Å². The molecule has 0 amide bonds. The lowest BCUT2D eigenvalue weighted by molar-refractivity contribution is 0.0929. The van der Waals surface area contributed by atoms with Gasteiger partial charge in [0.15, 0.2) is 0 Å². The molecule has 1 aliphatic carbocycles. The van der Waals surface area contributed by atoms with Crippen LogP contribution in [0.25, 0.3) is 0 Å². The van der Waals surface area contributed by atoms with E-state index >= 15 is 0 Å². The number of aliphatic hydroxyl groups is 1. The van der Waals surface area contributed by atoms with Crippen molar-refractivity contribution in [1.82, 2.24) is 5.32 Å². The van der Waals surface area contributed by atoms with E-state index < -0.39 is 0 Å². The predicted octanol–water partition coefficient (Wildman–Crippen LogP) is 1.63. The highest BCUT2D eigenvalue weighted by Crippen LogP contribution is 2.17. The standard InChI is InChI=1S/C9H16ClNO/c10-6-3-7-11-8-4-1-2-5-9(8)12/h3,6,8-9,11-12H,1-2,4-5,7H2/b6-3+. The minimum atomic E-state index is -0.164. The van der Waals surface area contributed by atoms with E-state index in [1.807, 2.05) is 6.08 Å². The molecule has 2 unspecified atom stereocenters. The molecule has 0 spiro atoms. The highest BCUT2D eigenvalue weighted by atomic mass is 35.5. The van der Waals surface area contributed by atoms with Crippen LogP contribution in [0.4, 0.5) is 0 Å². The van der Waals surface area contributed by atoms with E-state index in [4.69, 9.17) is 11.6 Å². The Kier molecular flexibility index (Phi) is 4.66.